The molecule has 0 fully saturated rings. The van der Waals surface area contributed by atoms with Gasteiger partial charge in [0.05, 0.1) is 11.5 Å². The second kappa shape index (κ2) is 10.8. The summed E-state index contributed by atoms with van der Waals surface area (Å²) in [5.74, 6) is 0.530. The molecule has 0 radical (unpaired) electrons. The lowest BCUT2D eigenvalue weighted by molar-refractivity contribution is 0.0734. The average molecular weight is 567 g/mol. The van der Waals surface area contributed by atoms with Crippen molar-refractivity contribution in [3.05, 3.63) is 135 Å². The van der Waals surface area contributed by atoms with Gasteiger partial charge in [-0.2, -0.15) is 5.26 Å². The first-order chi connectivity index (χ1) is 18.4. The van der Waals surface area contributed by atoms with Crippen LogP contribution in [0.25, 0.3) is 0 Å². The van der Waals surface area contributed by atoms with Gasteiger partial charge in [-0.25, -0.2) is 4.79 Å². The Labute approximate surface area is 229 Å². The molecule has 1 heterocycles. The number of aryl methyl sites for hydroxylation is 1. The van der Waals surface area contributed by atoms with Gasteiger partial charge in [-0.3, -0.25) is 0 Å². The van der Waals surface area contributed by atoms with Crippen LogP contribution in [0.15, 0.2) is 107 Å². The zero-order chi connectivity index (χ0) is 26.6. The summed E-state index contributed by atoms with van der Waals surface area (Å²) in [6, 6.07) is 29.9. The second-order valence-corrected chi connectivity index (χ2v) is 9.78. The number of nitrogens with two attached hydrogens (primary N) is 1. The highest BCUT2D eigenvalue weighted by atomic mass is 79.9. The third-order valence-corrected chi connectivity index (χ3v) is 6.75. The van der Waals surface area contributed by atoms with Gasteiger partial charge in [0.1, 0.15) is 35.5 Å². The fourth-order valence-electron chi connectivity index (χ4n) is 4.20. The van der Waals surface area contributed by atoms with Crippen molar-refractivity contribution in [2.45, 2.75) is 19.4 Å². The summed E-state index contributed by atoms with van der Waals surface area (Å²) < 4.78 is 18.1. The highest BCUT2D eigenvalue weighted by Gasteiger charge is 2.31. The van der Waals surface area contributed by atoms with Crippen molar-refractivity contribution < 1.29 is 19.0 Å². The van der Waals surface area contributed by atoms with Crippen LogP contribution in [0.4, 0.5) is 0 Å². The number of nitrogens with zero attached hydrogens (tertiary/aromatic N) is 1. The van der Waals surface area contributed by atoms with Crippen molar-refractivity contribution in [1.82, 2.24) is 0 Å². The molecule has 0 amide bonds. The molecule has 7 heteroatoms. The molecule has 0 bridgehead atoms. The van der Waals surface area contributed by atoms with Gasteiger partial charge in [-0.1, -0.05) is 64.0 Å². The predicted molar refractivity (Wildman–Crippen MR) is 147 cm³/mol. The van der Waals surface area contributed by atoms with Crippen molar-refractivity contribution in [3.8, 4) is 23.3 Å². The van der Waals surface area contributed by atoms with E-state index in [1.807, 2.05) is 43.3 Å². The molecule has 5 rings (SSSR count). The lowest BCUT2D eigenvalue weighted by atomic mass is 9.83. The fraction of sp³-hybridized carbons (Fsp3) is 0.0968. The van der Waals surface area contributed by atoms with Crippen molar-refractivity contribution >= 4 is 21.9 Å². The number of carbonyl (C=O) groups is 1. The number of ether oxygens (including phenoxy) is 3. The summed E-state index contributed by atoms with van der Waals surface area (Å²) in [4.78, 5) is 12.6. The number of hydrogen-bond acceptors (Lipinski definition) is 6. The minimum Gasteiger partial charge on any atom is -0.489 e. The third-order valence-electron chi connectivity index (χ3n) is 6.22. The molecule has 0 aromatic heterocycles. The van der Waals surface area contributed by atoms with Crippen molar-refractivity contribution in [1.29, 1.82) is 5.26 Å². The van der Waals surface area contributed by atoms with Gasteiger partial charge in [0.15, 0.2) is 0 Å². The molecule has 0 aliphatic carbocycles. The molecular weight excluding hydrogens is 544 g/mol. The molecule has 1 atom stereocenters. The number of fused-ring (bicyclic) bond motifs is 1. The van der Waals surface area contributed by atoms with E-state index in [1.165, 1.54) is 5.56 Å². The van der Waals surface area contributed by atoms with E-state index in [0.717, 1.165) is 21.2 Å². The van der Waals surface area contributed by atoms with E-state index in [-0.39, 0.29) is 5.88 Å². The SMILES string of the molecule is Cc1ccc(COc2ccc(C3C(C#N)=C(N)Oc4cc(OC(=O)c5ccc(Br)cc5)ccc43)cc2)cc1. The van der Waals surface area contributed by atoms with Crippen molar-refractivity contribution in [2.75, 3.05) is 0 Å². The first-order valence-corrected chi connectivity index (χ1v) is 12.7. The van der Waals surface area contributed by atoms with Gasteiger partial charge in [-0.05, 0) is 60.5 Å². The minimum atomic E-state index is -0.493. The van der Waals surface area contributed by atoms with E-state index in [9.17, 15) is 10.1 Å². The van der Waals surface area contributed by atoms with E-state index >= 15 is 0 Å². The van der Waals surface area contributed by atoms with Gasteiger partial charge >= 0.3 is 5.97 Å². The van der Waals surface area contributed by atoms with Gasteiger partial charge < -0.3 is 19.9 Å². The fourth-order valence-corrected chi connectivity index (χ4v) is 4.47. The number of carbonyl (C=O) groups excluding carboxylic acids is 1. The Kier molecular flexibility index (Phi) is 7.16. The largest absolute Gasteiger partial charge is 0.489 e. The monoisotopic (exact) mass is 566 g/mol. The quantitative estimate of drug-likeness (QED) is 0.204. The summed E-state index contributed by atoms with van der Waals surface area (Å²) in [6.07, 6.45) is 0. The number of hydrogen-bond donors (Lipinski definition) is 1. The maximum atomic E-state index is 12.6. The Hall–Kier alpha value is -4.54. The van der Waals surface area contributed by atoms with Crippen LogP contribution in [0.5, 0.6) is 17.2 Å². The Morgan fingerprint density at radius 1 is 0.974 bits per heavy atom. The van der Waals surface area contributed by atoms with E-state index in [1.54, 1.807) is 42.5 Å². The maximum Gasteiger partial charge on any atom is 0.343 e. The lowest BCUT2D eigenvalue weighted by Gasteiger charge is -2.26. The van der Waals surface area contributed by atoms with Gasteiger partial charge in [0.25, 0.3) is 0 Å². The highest BCUT2D eigenvalue weighted by Crippen LogP contribution is 2.43. The topological polar surface area (TPSA) is 94.6 Å². The zero-order valence-electron chi connectivity index (χ0n) is 20.5. The smallest absolute Gasteiger partial charge is 0.343 e. The summed E-state index contributed by atoms with van der Waals surface area (Å²) in [7, 11) is 0. The summed E-state index contributed by atoms with van der Waals surface area (Å²) in [6.45, 7) is 2.50. The summed E-state index contributed by atoms with van der Waals surface area (Å²) >= 11 is 3.35. The summed E-state index contributed by atoms with van der Waals surface area (Å²) in [5.41, 5.74) is 10.7. The normalized spacial score (nSPS) is 14.2. The molecule has 0 saturated heterocycles. The highest BCUT2D eigenvalue weighted by molar-refractivity contribution is 9.10. The van der Waals surface area contributed by atoms with Crippen molar-refractivity contribution in [3.63, 3.8) is 0 Å². The number of benzene rings is 4. The van der Waals surface area contributed by atoms with Crippen LogP contribution in [0, 0.1) is 18.3 Å². The average Bonchev–Trinajstić information content (AvgIpc) is 2.92. The lowest BCUT2D eigenvalue weighted by Crippen LogP contribution is -2.21. The molecule has 1 aliphatic heterocycles. The molecule has 38 heavy (non-hydrogen) atoms. The number of esters is 1. The maximum absolute atomic E-state index is 12.6. The van der Waals surface area contributed by atoms with Crippen LogP contribution in [0.2, 0.25) is 0 Å². The van der Waals surface area contributed by atoms with E-state index in [4.69, 9.17) is 19.9 Å². The second-order valence-electron chi connectivity index (χ2n) is 8.86. The number of allylic oxidation sites excluding steroid dienone is 1. The van der Waals surface area contributed by atoms with Crippen LogP contribution < -0.4 is 19.9 Å². The molecule has 2 N–H and O–H groups in total. The molecule has 188 valence electrons. The van der Waals surface area contributed by atoms with Crippen LogP contribution in [-0.4, -0.2) is 5.97 Å². The Bertz CT molecular complexity index is 1550. The van der Waals surface area contributed by atoms with Crippen LogP contribution in [0.3, 0.4) is 0 Å². The van der Waals surface area contributed by atoms with E-state index < -0.39 is 11.9 Å². The first kappa shape index (κ1) is 25.1. The molecule has 1 aliphatic rings. The Balaban J connectivity index is 1.37. The van der Waals surface area contributed by atoms with Crippen LogP contribution in [0.1, 0.15) is 38.5 Å². The Morgan fingerprint density at radius 2 is 1.66 bits per heavy atom. The van der Waals surface area contributed by atoms with Gasteiger partial charge in [0, 0.05) is 16.1 Å². The third kappa shape index (κ3) is 5.41. The van der Waals surface area contributed by atoms with Crippen molar-refractivity contribution in [2.24, 2.45) is 5.73 Å². The van der Waals surface area contributed by atoms with E-state index in [0.29, 0.717) is 35.0 Å². The molecule has 4 aromatic rings. The van der Waals surface area contributed by atoms with Gasteiger partial charge in [0.2, 0.25) is 5.88 Å². The molecular formula is C31H23BrN2O4. The first-order valence-electron chi connectivity index (χ1n) is 11.9. The predicted octanol–water partition coefficient (Wildman–Crippen LogP) is 6.77. The van der Waals surface area contributed by atoms with Crippen LogP contribution in [-0.2, 0) is 6.61 Å². The van der Waals surface area contributed by atoms with Gasteiger partial charge in [-0.15, -0.1) is 0 Å². The zero-order valence-corrected chi connectivity index (χ0v) is 22.1. The number of nitriles is 1. The number of rotatable bonds is 6. The minimum absolute atomic E-state index is 0.0149. The molecule has 4 aromatic carbocycles. The number of halogens is 1. The molecule has 1 unspecified atom stereocenters. The standard InChI is InChI=1S/C31H23BrN2O4/c1-19-2-4-20(5-3-19)18-36-24-12-8-21(9-13-24)29-26-15-14-25(16-28(26)38-30(34)27(29)17-33)37-31(35)22-6-10-23(32)11-7-22/h2-16,29H,18,34H2,1H3. The van der Waals surface area contributed by atoms with E-state index in [2.05, 4.69) is 34.1 Å². The molecule has 0 saturated carbocycles. The van der Waals surface area contributed by atoms with Crippen LogP contribution >= 0.6 is 15.9 Å². The molecule has 0 spiro atoms. The molecule has 6 nitrogen and oxygen atoms in total. The Morgan fingerprint density at radius 3 is 2.34 bits per heavy atom. The summed E-state index contributed by atoms with van der Waals surface area (Å²) in [5, 5.41) is 9.86.